The number of rotatable bonds is 2. The highest BCUT2D eigenvalue weighted by atomic mass is 16.2. The van der Waals surface area contributed by atoms with Gasteiger partial charge in [0, 0.05) is 12.0 Å². The number of hydrogen-bond donors (Lipinski definition) is 0. The van der Waals surface area contributed by atoms with E-state index >= 15 is 0 Å². The first kappa shape index (κ1) is 14.1. The van der Waals surface area contributed by atoms with Crippen LogP contribution in [-0.4, -0.2) is 23.3 Å². The van der Waals surface area contributed by atoms with Crippen molar-refractivity contribution in [2.75, 3.05) is 6.54 Å². The van der Waals surface area contributed by atoms with Gasteiger partial charge in [0.25, 0.3) is 11.8 Å². The first-order chi connectivity index (χ1) is 9.40. The fourth-order valence-electron chi connectivity index (χ4n) is 1.88. The minimum atomic E-state index is -0.237. The number of amides is 2. The SMILES string of the molecule is CC(C)(C)C#C/C=C/CN1C(=O)c2ccccc2C1=O. The second-order valence-electron chi connectivity index (χ2n) is 5.69. The molecular weight excluding hydrogens is 250 g/mol. The van der Waals surface area contributed by atoms with Crippen LogP contribution in [0.5, 0.6) is 0 Å². The Bertz CT molecular complexity index is 604. The first-order valence-electron chi connectivity index (χ1n) is 6.53. The highest BCUT2D eigenvalue weighted by Gasteiger charge is 2.33. The van der Waals surface area contributed by atoms with Crippen LogP contribution in [0.2, 0.25) is 0 Å². The Morgan fingerprint density at radius 2 is 1.65 bits per heavy atom. The van der Waals surface area contributed by atoms with Gasteiger partial charge in [-0.05, 0) is 39.0 Å². The van der Waals surface area contributed by atoms with Crippen molar-refractivity contribution in [2.24, 2.45) is 5.41 Å². The van der Waals surface area contributed by atoms with E-state index in [2.05, 4.69) is 11.8 Å². The molecule has 0 saturated heterocycles. The molecule has 0 saturated carbocycles. The third-order valence-electron chi connectivity index (χ3n) is 2.81. The summed E-state index contributed by atoms with van der Waals surface area (Å²) in [5, 5.41) is 0. The number of fused-ring (bicyclic) bond motifs is 1. The summed E-state index contributed by atoms with van der Waals surface area (Å²) in [4.78, 5) is 25.4. The molecule has 1 aromatic rings. The summed E-state index contributed by atoms with van der Waals surface area (Å²) in [6.07, 6.45) is 3.43. The Labute approximate surface area is 119 Å². The predicted molar refractivity (Wildman–Crippen MR) is 78.2 cm³/mol. The van der Waals surface area contributed by atoms with Crippen LogP contribution >= 0.6 is 0 Å². The maximum absolute atomic E-state index is 12.1. The van der Waals surface area contributed by atoms with E-state index in [1.54, 1.807) is 36.4 Å². The maximum Gasteiger partial charge on any atom is 0.261 e. The van der Waals surface area contributed by atoms with Gasteiger partial charge in [-0.2, -0.15) is 0 Å². The number of imide groups is 1. The lowest BCUT2D eigenvalue weighted by molar-refractivity contribution is 0.0672. The van der Waals surface area contributed by atoms with Gasteiger partial charge in [-0.3, -0.25) is 14.5 Å². The fourth-order valence-corrected chi connectivity index (χ4v) is 1.88. The van der Waals surface area contributed by atoms with Crippen LogP contribution < -0.4 is 0 Å². The number of carbonyl (C=O) groups is 2. The van der Waals surface area contributed by atoms with Crippen LogP contribution in [0.3, 0.4) is 0 Å². The normalized spacial score (nSPS) is 14.4. The summed E-state index contributed by atoms with van der Waals surface area (Å²) < 4.78 is 0. The molecule has 1 aromatic carbocycles. The van der Waals surface area contributed by atoms with Crippen molar-refractivity contribution >= 4 is 11.8 Å². The van der Waals surface area contributed by atoms with Gasteiger partial charge in [0.05, 0.1) is 11.1 Å². The van der Waals surface area contributed by atoms with Gasteiger partial charge in [-0.25, -0.2) is 0 Å². The van der Waals surface area contributed by atoms with E-state index in [0.717, 1.165) is 0 Å². The molecule has 2 amide bonds. The van der Waals surface area contributed by atoms with Crippen molar-refractivity contribution in [3.63, 3.8) is 0 Å². The zero-order valence-electron chi connectivity index (χ0n) is 11.9. The van der Waals surface area contributed by atoms with Crippen molar-refractivity contribution in [1.29, 1.82) is 0 Å². The Kier molecular flexibility index (Phi) is 3.76. The maximum atomic E-state index is 12.1. The lowest BCUT2D eigenvalue weighted by atomic mass is 9.98. The average molecular weight is 267 g/mol. The van der Waals surface area contributed by atoms with Crippen molar-refractivity contribution in [2.45, 2.75) is 20.8 Å². The summed E-state index contributed by atoms with van der Waals surface area (Å²) in [7, 11) is 0. The molecule has 0 unspecified atom stereocenters. The molecule has 0 atom stereocenters. The zero-order chi connectivity index (χ0) is 14.8. The van der Waals surface area contributed by atoms with Gasteiger partial charge in [0.15, 0.2) is 0 Å². The molecule has 0 aliphatic carbocycles. The molecule has 1 heterocycles. The zero-order valence-corrected chi connectivity index (χ0v) is 11.9. The second kappa shape index (κ2) is 5.34. The Morgan fingerprint density at radius 1 is 1.10 bits per heavy atom. The number of benzene rings is 1. The minimum Gasteiger partial charge on any atom is -0.270 e. The lowest BCUT2D eigenvalue weighted by Crippen LogP contribution is -2.29. The van der Waals surface area contributed by atoms with E-state index in [-0.39, 0.29) is 23.8 Å². The molecule has 1 aliphatic rings. The standard InChI is InChI=1S/C17H17NO2/c1-17(2,3)11-7-4-8-12-18-15(19)13-9-5-6-10-14(13)16(18)20/h4-6,8-10H,12H2,1-3H3/b8-4+. The molecule has 20 heavy (non-hydrogen) atoms. The Balaban J connectivity index is 2.06. The third-order valence-corrected chi connectivity index (χ3v) is 2.81. The summed E-state index contributed by atoms with van der Waals surface area (Å²) in [5.74, 6) is 5.51. The Morgan fingerprint density at radius 3 is 2.15 bits per heavy atom. The average Bonchev–Trinajstić information content (AvgIpc) is 2.62. The number of hydrogen-bond acceptors (Lipinski definition) is 2. The molecule has 0 fully saturated rings. The van der Waals surface area contributed by atoms with Gasteiger partial charge in [0.2, 0.25) is 0 Å². The molecule has 0 spiro atoms. The minimum absolute atomic E-state index is 0.0557. The van der Waals surface area contributed by atoms with Crippen LogP contribution in [0, 0.1) is 17.3 Å². The molecule has 102 valence electrons. The number of allylic oxidation sites excluding steroid dienone is 1. The molecule has 3 nitrogen and oxygen atoms in total. The molecule has 0 aromatic heterocycles. The molecule has 1 aliphatic heterocycles. The largest absolute Gasteiger partial charge is 0.270 e. The smallest absolute Gasteiger partial charge is 0.261 e. The fraction of sp³-hybridized carbons (Fsp3) is 0.294. The second-order valence-corrected chi connectivity index (χ2v) is 5.69. The van der Waals surface area contributed by atoms with Gasteiger partial charge >= 0.3 is 0 Å². The molecular formula is C17H17NO2. The highest BCUT2D eigenvalue weighted by molar-refractivity contribution is 6.21. The van der Waals surface area contributed by atoms with Crippen LogP contribution in [0.4, 0.5) is 0 Å². The van der Waals surface area contributed by atoms with Gasteiger partial charge in [-0.1, -0.05) is 30.0 Å². The van der Waals surface area contributed by atoms with Crippen LogP contribution in [0.1, 0.15) is 41.5 Å². The van der Waals surface area contributed by atoms with E-state index < -0.39 is 0 Å². The molecule has 0 N–H and O–H groups in total. The highest BCUT2D eigenvalue weighted by Crippen LogP contribution is 2.21. The number of carbonyl (C=O) groups excluding carboxylic acids is 2. The molecule has 3 heteroatoms. The molecule has 0 radical (unpaired) electrons. The van der Waals surface area contributed by atoms with Crippen molar-refractivity contribution in [3.05, 3.63) is 47.5 Å². The summed E-state index contributed by atoms with van der Waals surface area (Å²) in [6.45, 7) is 6.33. The Hall–Kier alpha value is -2.34. The quantitative estimate of drug-likeness (QED) is 0.610. The van der Waals surface area contributed by atoms with Crippen molar-refractivity contribution in [1.82, 2.24) is 4.90 Å². The van der Waals surface area contributed by atoms with Gasteiger partial charge in [-0.15, -0.1) is 0 Å². The van der Waals surface area contributed by atoms with Crippen molar-refractivity contribution in [3.8, 4) is 11.8 Å². The predicted octanol–water partition coefficient (Wildman–Crippen LogP) is 2.89. The topological polar surface area (TPSA) is 37.4 Å². The number of nitrogens with zero attached hydrogens (tertiary/aromatic N) is 1. The van der Waals surface area contributed by atoms with E-state index in [4.69, 9.17) is 0 Å². The van der Waals surface area contributed by atoms with Crippen LogP contribution in [0.15, 0.2) is 36.4 Å². The summed E-state index contributed by atoms with van der Waals surface area (Å²) in [6, 6.07) is 6.88. The van der Waals surface area contributed by atoms with Crippen molar-refractivity contribution < 1.29 is 9.59 Å². The van der Waals surface area contributed by atoms with E-state index in [1.807, 2.05) is 20.8 Å². The van der Waals surface area contributed by atoms with Crippen LogP contribution in [0.25, 0.3) is 0 Å². The van der Waals surface area contributed by atoms with Gasteiger partial charge in [0.1, 0.15) is 0 Å². The monoisotopic (exact) mass is 267 g/mol. The third kappa shape index (κ3) is 2.97. The lowest BCUT2D eigenvalue weighted by Gasteiger charge is -2.09. The van der Waals surface area contributed by atoms with Crippen LogP contribution in [-0.2, 0) is 0 Å². The van der Waals surface area contributed by atoms with E-state index in [1.165, 1.54) is 4.90 Å². The summed E-state index contributed by atoms with van der Waals surface area (Å²) in [5.41, 5.74) is 0.901. The summed E-state index contributed by atoms with van der Waals surface area (Å²) >= 11 is 0. The molecule has 0 bridgehead atoms. The molecule has 2 rings (SSSR count). The van der Waals surface area contributed by atoms with E-state index in [0.29, 0.717) is 11.1 Å². The van der Waals surface area contributed by atoms with E-state index in [9.17, 15) is 9.59 Å². The van der Waals surface area contributed by atoms with Gasteiger partial charge < -0.3 is 0 Å². The first-order valence-corrected chi connectivity index (χ1v) is 6.53.